The lowest BCUT2D eigenvalue weighted by molar-refractivity contribution is 0.342. The lowest BCUT2D eigenvalue weighted by Gasteiger charge is -2.09. The lowest BCUT2D eigenvalue weighted by Crippen LogP contribution is -2.03. The first-order chi connectivity index (χ1) is 14.3. The molecule has 0 bridgehead atoms. The maximum atomic E-state index is 5.65. The SMILES string of the molecule is CCOc1ccccc1Nc1nnc(SCc2nccn2Cc2ccccc2)s1. The molecule has 148 valence electrons. The van der Waals surface area contributed by atoms with Crippen LogP contribution in [-0.4, -0.2) is 26.4 Å². The average molecular weight is 424 g/mol. The average Bonchev–Trinajstić information content (AvgIpc) is 3.38. The second-order valence-electron chi connectivity index (χ2n) is 6.17. The van der Waals surface area contributed by atoms with Crippen molar-refractivity contribution in [3.8, 4) is 5.75 Å². The van der Waals surface area contributed by atoms with E-state index >= 15 is 0 Å². The van der Waals surface area contributed by atoms with Crippen molar-refractivity contribution in [1.29, 1.82) is 0 Å². The Morgan fingerprint density at radius 1 is 1.07 bits per heavy atom. The second-order valence-corrected chi connectivity index (χ2v) is 8.37. The van der Waals surface area contributed by atoms with Gasteiger partial charge >= 0.3 is 0 Å². The van der Waals surface area contributed by atoms with Crippen molar-refractivity contribution in [3.05, 3.63) is 78.4 Å². The first kappa shape index (κ1) is 19.5. The molecule has 0 fully saturated rings. The fourth-order valence-electron chi connectivity index (χ4n) is 2.82. The van der Waals surface area contributed by atoms with E-state index in [9.17, 15) is 0 Å². The van der Waals surface area contributed by atoms with Crippen LogP contribution in [0.4, 0.5) is 10.8 Å². The summed E-state index contributed by atoms with van der Waals surface area (Å²) in [5.74, 6) is 2.57. The summed E-state index contributed by atoms with van der Waals surface area (Å²) >= 11 is 3.16. The topological polar surface area (TPSA) is 64.9 Å². The summed E-state index contributed by atoms with van der Waals surface area (Å²) in [7, 11) is 0. The number of para-hydroxylation sites is 2. The number of aromatic nitrogens is 4. The van der Waals surface area contributed by atoms with E-state index in [2.05, 4.69) is 49.3 Å². The summed E-state index contributed by atoms with van der Waals surface area (Å²) in [5, 5.41) is 12.6. The Kier molecular flexibility index (Phi) is 6.43. The minimum Gasteiger partial charge on any atom is -0.492 e. The van der Waals surface area contributed by atoms with Gasteiger partial charge in [0, 0.05) is 18.9 Å². The summed E-state index contributed by atoms with van der Waals surface area (Å²) in [4.78, 5) is 4.50. The van der Waals surface area contributed by atoms with E-state index in [4.69, 9.17) is 4.74 Å². The molecule has 0 saturated carbocycles. The van der Waals surface area contributed by atoms with E-state index in [1.807, 2.05) is 49.6 Å². The Labute approximate surface area is 178 Å². The molecular formula is C21H21N5OS2. The minimum absolute atomic E-state index is 0.617. The Bertz CT molecular complexity index is 1050. The van der Waals surface area contributed by atoms with E-state index in [1.54, 1.807) is 11.8 Å². The Morgan fingerprint density at radius 3 is 2.76 bits per heavy atom. The smallest absolute Gasteiger partial charge is 0.210 e. The van der Waals surface area contributed by atoms with E-state index in [0.29, 0.717) is 6.61 Å². The molecule has 29 heavy (non-hydrogen) atoms. The van der Waals surface area contributed by atoms with E-state index in [1.165, 1.54) is 16.9 Å². The van der Waals surface area contributed by atoms with E-state index < -0.39 is 0 Å². The standard InChI is InChI=1S/C21H21N5OS2/c1-2-27-18-11-7-6-10-17(18)23-20-24-25-21(29-20)28-15-19-22-12-13-26(19)14-16-8-4-3-5-9-16/h3-13H,2,14-15H2,1H3,(H,23,24). The molecule has 4 aromatic rings. The summed E-state index contributed by atoms with van der Waals surface area (Å²) in [6.45, 7) is 3.40. The minimum atomic E-state index is 0.617. The Balaban J connectivity index is 1.38. The molecule has 6 nitrogen and oxygen atoms in total. The maximum Gasteiger partial charge on any atom is 0.210 e. The van der Waals surface area contributed by atoms with Gasteiger partial charge in [0.2, 0.25) is 5.13 Å². The fraction of sp³-hybridized carbons (Fsp3) is 0.190. The normalized spacial score (nSPS) is 10.8. The van der Waals surface area contributed by atoms with E-state index in [-0.39, 0.29) is 0 Å². The third-order valence-corrected chi connectivity index (χ3v) is 6.13. The monoisotopic (exact) mass is 423 g/mol. The van der Waals surface area contributed by atoms with Crippen LogP contribution >= 0.6 is 23.1 Å². The van der Waals surface area contributed by atoms with Crippen LogP contribution in [0.5, 0.6) is 5.75 Å². The van der Waals surface area contributed by atoms with Gasteiger partial charge in [0.05, 0.1) is 18.0 Å². The number of hydrogen-bond acceptors (Lipinski definition) is 7. The van der Waals surface area contributed by atoms with Gasteiger partial charge in [0.25, 0.3) is 0 Å². The molecule has 0 amide bonds. The molecule has 0 saturated heterocycles. The maximum absolute atomic E-state index is 5.65. The van der Waals surface area contributed by atoms with Crippen LogP contribution in [0.15, 0.2) is 71.3 Å². The summed E-state index contributed by atoms with van der Waals surface area (Å²) in [5.41, 5.74) is 2.15. The molecular weight excluding hydrogens is 402 g/mol. The van der Waals surface area contributed by atoms with Crippen molar-refractivity contribution >= 4 is 33.9 Å². The number of imidazole rings is 1. The Morgan fingerprint density at radius 2 is 1.90 bits per heavy atom. The highest BCUT2D eigenvalue weighted by atomic mass is 32.2. The van der Waals surface area contributed by atoms with Gasteiger partial charge in [-0.05, 0) is 24.6 Å². The molecule has 0 unspecified atom stereocenters. The van der Waals surface area contributed by atoms with Crippen molar-refractivity contribution in [2.24, 2.45) is 0 Å². The molecule has 0 aliphatic rings. The van der Waals surface area contributed by atoms with Crippen LogP contribution in [0.2, 0.25) is 0 Å². The van der Waals surface area contributed by atoms with Gasteiger partial charge in [-0.1, -0.05) is 65.6 Å². The van der Waals surface area contributed by atoms with Crippen molar-refractivity contribution in [2.45, 2.75) is 23.6 Å². The number of nitrogens with zero attached hydrogens (tertiary/aromatic N) is 4. The first-order valence-electron chi connectivity index (χ1n) is 9.31. The predicted octanol–water partition coefficient (Wildman–Crippen LogP) is 5.22. The molecule has 0 spiro atoms. The van der Waals surface area contributed by atoms with Crippen LogP contribution in [0.1, 0.15) is 18.3 Å². The van der Waals surface area contributed by atoms with Gasteiger partial charge in [-0.25, -0.2) is 4.98 Å². The first-order valence-corrected chi connectivity index (χ1v) is 11.1. The molecule has 2 heterocycles. The summed E-state index contributed by atoms with van der Waals surface area (Å²) in [6, 6.07) is 18.2. The highest BCUT2D eigenvalue weighted by Crippen LogP contribution is 2.32. The predicted molar refractivity (Wildman–Crippen MR) is 118 cm³/mol. The number of nitrogens with one attached hydrogen (secondary N) is 1. The number of anilines is 2. The largest absolute Gasteiger partial charge is 0.492 e. The van der Waals surface area contributed by atoms with Crippen LogP contribution in [0, 0.1) is 0 Å². The van der Waals surface area contributed by atoms with Crippen LogP contribution in [-0.2, 0) is 12.3 Å². The number of hydrogen-bond donors (Lipinski definition) is 1. The molecule has 1 N–H and O–H groups in total. The molecule has 2 aromatic carbocycles. The van der Waals surface area contributed by atoms with Gasteiger partial charge in [0.1, 0.15) is 11.6 Å². The van der Waals surface area contributed by atoms with Crippen molar-refractivity contribution in [1.82, 2.24) is 19.7 Å². The quantitative estimate of drug-likeness (QED) is 0.373. The van der Waals surface area contributed by atoms with Crippen LogP contribution < -0.4 is 10.1 Å². The number of thioether (sulfide) groups is 1. The summed E-state index contributed by atoms with van der Waals surface area (Å²) < 4.78 is 8.72. The molecule has 0 aliphatic heterocycles. The van der Waals surface area contributed by atoms with Crippen molar-refractivity contribution in [3.63, 3.8) is 0 Å². The van der Waals surface area contributed by atoms with Gasteiger partial charge < -0.3 is 14.6 Å². The summed E-state index contributed by atoms with van der Waals surface area (Å²) in [6.07, 6.45) is 3.86. The van der Waals surface area contributed by atoms with Crippen molar-refractivity contribution in [2.75, 3.05) is 11.9 Å². The molecule has 2 aromatic heterocycles. The Hall–Kier alpha value is -2.84. The van der Waals surface area contributed by atoms with Crippen LogP contribution in [0.25, 0.3) is 0 Å². The highest BCUT2D eigenvalue weighted by molar-refractivity contribution is 8.00. The third kappa shape index (κ3) is 5.16. The molecule has 8 heteroatoms. The molecule has 0 aliphatic carbocycles. The van der Waals surface area contributed by atoms with Gasteiger partial charge in [0.15, 0.2) is 4.34 Å². The zero-order chi connectivity index (χ0) is 19.9. The van der Waals surface area contributed by atoms with E-state index in [0.717, 1.165) is 39.0 Å². The van der Waals surface area contributed by atoms with Gasteiger partial charge in [-0.3, -0.25) is 0 Å². The number of benzene rings is 2. The lowest BCUT2D eigenvalue weighted by atomic mass is 10.2. The zero-order valence-corrected chi connectivity index (χ0v) is 17.6. The van der Waals surface area contributed by atoms with Gasteiger partial charge in [-0.2, -0.15) is 0 Å². The van der Waals surface area contributed by atoms with Crippen LogP contribution in [0.3, 0.4) is 0 Å². The zero-order valence-electron chi connectivity index (χ0n) is 16.0. The second kappa shape index (κ2) is 9.58. The fourth-order valence-corrected chi connectivity index (χ4v) is 4.55. The highest BCUT2D eigenvalue weighted by Gasteiger charge is 2.10. The molecule has 4 rings (SSSR count). The number of rotatable bonds is 9. The number of ether oxygens (including phenoxy) is 1. The van der Waals surface area contributed by atoms with Gasteiger partial charge in [-0.15, -0.1) is 10.2 Å². The molecule has 0 radical (unpaired) electrons. The third-order valence-electron chi connectivity index (χ3n) is 4.16. The molecule has 0 atom stereocenters. The van der Waals surface area contributed by atoms with Crippen molar-refractivity contribution < 1.29 is 4.74 Å².